The predicted molar refractivity (Wildman–Crippen MR) is 100 cm³/mol. The third-order valence-corrected chi connectivity index (χ3v) is 6.19. The van der Waals surface area contributed by atoms with E-state index in [4.69, 9.17) is 0 Å². The lowest BCUT2D eigenvalue weighted by molar-refractivity contribution is -0.177. The number of carbonyl (C=O) groups is 1. The van der Waals surface area contributed by atoms with Crippen LogP contribution in [0.5, 0.6) is 0 Å². The van der Waals surface area contributed by atoms with Crippen LogP contribution in [0.3, 0.4) is 0 Å². The van der Waals surface area contributed by atoms with Gasteiger partial charge in [-0.1, -0.05) is 0 Å². The molecular weight excluding hydrogens is 401 g/mol. The summed E-state index contributed by atoms with van der Waals surface area (Å²) in [6.45, 7) is 1.27. The van der Waals surface area contributed by atoms with Gasteiger partial charge in [0.2, 0.25) is 0 Å². The third-order valence-electron chi connectivity index (χ3n) is 6.19. The first-order valence-corrected chi connectivity index (χ1v) is 10.0. The molecule has 1 saturated heterocycles. The van der Waals surface area contributed by atoms with Crippen molar-refractivity contribution in [3.63, 3.8) is 0 Å². The Kier molecular flexibility index (Phi) is 4.46. The molecule has 2 fully saturated rings. The molecule has 0 radical (unpaired) electrons. The van der Waals surface area contributed by atoms with Crippen LogP contribution in [-0.2, 0) is 4.79 Å². The molecule has 5 rings (SSSR count). The quantitative estimate of drug-likeness (QED) is 0.701. The van der Waals surface area contributed by atoms with Crippen LogP contribution in [0.4, 0.5) is 24.7 Å². The summed E-state index contributed by atoms with van der Waals surface area (Å²) >= 11 is 0. The van der Waals surface area contributed by atoms with Gasteiger partial charge in [0.15, 0.2) is 5.82 Å². The van der Waals surface area contributed by atoms with Crippen molar-refractivity contribution in [2.45, 2.75) is 55.7 Å². The number of aromatic nitrogens is 4. The van der Waals surface area contributed by atoms with E-state index >= 15 is 0 Å². The number of rotatable bonds is 3. The molecule has 160 valence electrons. The van der Waals surface area contributed by atoms with Crippen molar-refractivity contribution >= 4 is 17.4 Å². The molecule has 3 aliphatic rings. The number of aromatic amines is 1. The summed E-state index contributed by atoms with van der Waals surface area (Å²) < 4.78 is 40.9. The maximum Gasteiger partial charge on any atom is 0.398 e. The van der Waals surface area contributed by atoms with Crippen molar-refractivity contribution < 1.29 is 23.1 Å². The second-order valence-electron chi connectivity index (χ2n) is 8.19. The number of nitrogens with zero attached hydrogens (tertiary/aromatic N) is 4. The van der Waals surface area contributed by atoms with Gasteiger partial charge in [-0.25, -0.2) is 9.97 Å². The van der Waals surface area contributed by atoms with Crippen LogP contribution in [0, 0.1) is 0 Å². The van der Waals surface area contributed by atoms with Crippen LogP contribution < -0.4 is 10.2 Å². The average Bonchev–Trinajstić information content (AvgIpc) is 3.49. The number of aliphatic hydroxyl groups is 1. The van der Waals surface area contributed by atoms with E-state index in [0.29, 0.717) is 37.5 Å². The highest BCUT2D eigenvalue weighted by Gasteiger charge is 2.53. The molecular formula is C19H21F3N6O2. The minimum Gasteiger partial charge on any atom is -0.382 e. The number of fused-ring (bicyclic) bond motifs is 1. The van der Waals surface area contributed by atoms with E-state index in [9.17, 15) is 23.1 Å². The van der Waals surface area contributed by atoms with Gasteiger partial charge in [0.1, 0.15) is 17.8 Å². The minimum absolute atomic E-state index is 0.144. The Balaban J connectivity index is 1.34. The molecule has 2 aromatic heterocycles. The number of aliphatic hydroxyl groups excluding tert-OH is 1. The summed E-state index contributed by atoms with van der Waals surface area (Å²) in [4.78, 5) is 22.7. The Morgan fingerprint density at radius 3 is 2.33 bits per heavy atom. The zero-order chi connectivity index (χ0) is 21.0. The average molecular weight is 422 g/mol. The Hall–Kier alpha value is -2.69. The van der Waals surface area contributed by atoms with Gasteiger partial charge >= 0.3 is 6.18 Å². The number of hydrogen-bond donors (Lipinski definition) is 3. The first kappa shape index (κ1) is 19.3. The summed E-state index contributed by atoms with van der Waals surface area (Å²) in [7, 11) is 0. The lowest BCUT2D eigenvalue weighted by atomic mass is 9.83. The molecule has 0 aromatic carbocycles. The molecule has 0 bridgehead atoms. The molecule has 3 N–H and O–H groups in total. The molecule has 8 nitrogen and oxygen atoms in total. The third kappa shape index (κ3) is 3.30. The normalized spacial score (nSPS) is 25.2. The zero-order valence-corrected chi connectivity index (χ0v) is 16.0. The SMILES string of the molecule is O=C1Nc2n[nH]c(C3CCN(c4cnc(C5CC5)nc4)CC3)c2C(C(F)(F)F)C1O. The van der Waals surface area contributed by atoms with Gasteiger partial charge in [0.25, 0.3) is 5.91 Å². The largest absolute Gasteiger partial charge is 0.398 e. The Labute approximate surface area is 169 Å². The van der Waals surface area contributed by atoms with Crippen LogP contribution >= 0.6 is 0 Å². The number of amides is 1. The summed E-state index contributed by atoms with van der Waals surface area (Å²) in [5, 5.41) is 18.8. The van der Waals surface area contributed by atoms with Crippen LogP contribution in [-0.4, -0.2) is 56.5 Å². The lowest BCUT2D eigenvalue weighted by Crippen LogP contribution is -2.44. The molecule has 1 saturated carbocycles. The molecule has 30 heavy (non-hydrogen) atoms. The smallest absolute Gasteiger partial charge is 0.382 e. The molecule has 11 heteroatoms. The number of H-pyrrole nitrogens is 1. The monoisotopic (exact) mass is 422 g/mol. The van der Waals surface area contributed by atoms with E-state index in [2.05, 4.69) is 30.4 Å². The fourth-order valence-corrected chi connectivity index (χ4v) is 4.40. The van der Waals surface area contributed by atoms with E-state index in [1.54, 1.807) is 0 Å². The van der Waals surface area contributed by atoms with Crippen molar-refractivity contribution in [1.29, 1.82) is 0 Å². The van der Waals surface area contributed by atoms with Crippen molar-refractivity contribution in [3.8, 4) is 0 Å². The van der Waals surface area contributed by atoms with Gasteiger partial charge in [-0.05, 0) is 25.7 Å². The van der Waals surface area contributed by atoms with E-state index in [1.165, 1.54) is 0 Å². The molecule has 2 aromatic rings. The van der Waals surface area contributed by atoms with Gasteiger partial charge in [0, 0.05) is 36.2 Å². The number of halogens is 3. The molecule has 1 aliphatic carbocycles. The van der Waals surface area contributed by atoms with E-state index in [0.717, 1.165) is 24.4 Å². The standard InChI is InChI=1S/C19H21F3N6O2/c20-19(21,22)13-12-14(26-27-17(12)25-18(30)15(13)29)9-3-5-28(6-4-9)11-7-23-16(24-8-11)10-1-2-10/h7-10,13,15,29H,1-6H2,(H2,25,26,27,30). The van der Waals surface area contributed by atoms with Gasteiger partial charge in [-0.15, -0.1) is 0 Å². The highest BCUT2D eigenvalue weighted by molar-refractivity contribution is 5.97. The highest BCUT2D eigenvalue weighted by Crippen LogP contribution is 2.47. The summed E-state index contributed by atoms with van der Waals surface area (Å²) in [5.74, 6) is -2.35. The topological polar surface area (TPSA) is 107 Å². The van der Waals surface area contributed by atoms with Gasteiger partial charge in [0.05, 0.1) is 18.1 Å². The zero-order valence-electron chi connectivity index (χ0n) is 16.0. The number of hydrogen-bond acceptors (Lipinski definition) is 6. The van der Waals surface area contributed by atoms with Crippen molar-refractivity contribution in [3.05, 3.63) is 29.5 Å². The Morgan fingerprint density at radius 1 is 1.07 bits per heavy atom. The van der Waals surface area contributed by atoms with Gasteiger partial charge in [-0.2, -0.15) is 18.3 Å². The molecule has 4 heterocycles. The maximum absolute atomic E-state index is 13.6. The van der Waals surface area contributed by atoms with Crippen molar-refractivity contribution in [1.82, 2.24) is 20.2 Å². The fraction of sp³-hybridized carbons (Fsp3) is 0.579. The van der Waals surface area contributed by atoms with Crippen molar-refractivity contribution in [2.24, 2.45) is 0 Å². The fourth-order valence-electron chi connectivity index (χ4n) is 4.40. The number of nitrogens with one attached hydrogen (secondary N) is 2. The van der Waals surface area contributed by atoms with Crippen LogP contribution in [0.2, 0.25) is 0 Å². The highest BCUT2D eigenvalue weighted by atomic mass is 19.4. The summed E-state index contributed by atoms with van der Waals surface area (Å²) in [6, 6.07) is 0. The molecule has 2 aliphatic heterocycles. The number of alkyl halides is 3. The number of carbonyl (C=O) groups excluding carboxylic acids is 1. The second-order valence-corrected chi connectivity index (χ2v) is 8.19. The summed E-state index contributed by atoms with van der Waals surface area (Å²) in [5.41, 5.74) is 1.09. The minimum atomic E-state index is -4.76. The lowest BCUT2D eigenvalue weighted by Gasteiger charge is -2.35. The van der Waals surface area contributed by atoms with Crippen LogP contribution in [0.1, 0.15) is 60.5 Å². The maximum atomic E-state index is 13.6. The van der Waals surface area contributed by atoms with Crippen LogP contribution in [0.15, 0.2) is 12.4 Å². The molecule has 2 atom stereocenters. The van der Waals surface area contributed by atoms with E-state index in [-0.39, 0.29) is 17.3 Å². The molecule has 0 spiro atoms. The van der Waals surface area contributed by atoms with Gasteiger partial charge in [-0.3, -0.25) is 9.89 Å². The Morgan fingerprint density at radius 2 is 1.73 bits per heavy atom. The predicted octanol–water partition coefficient (Wildman–Crippen LogP) is 2.42. The first-order chi connectivity index (χ1) is 14.3. The molecule has 1 amide bonds. The van der Waals surface area contributed by atoms with Crippen molar-refractivity contribution in [2.75, 3.05) is 23.3 Å². The Bertz CT molecular complexity index is 948. The molecule has 2 unspecified atom stereocenters. The number of anilines is 2. The second kappa shape index (κ2) is 6.93. The van der Waals surface area contributed by atoms with E-state index < -0.39 is 24.1 Å². The first-order valence-electron chi connectivity index (χ1n) is 10.0. The van der Waals surface area contributed by atoms with Crippen LogP contribution in [0.25, 0.3) is 0 Å². The van der Waals surface area contributed by atoms with E-state index in [1.807, 2.05) is 12.4 Å². The number of piperidine rings is 1. The summed E-state index contributed by atoms with van der Waals surface area (Å²) in [6.07, 6.45) is 0.152. The van der Waals surface area contributed by atoms with Gasteiger partial charge < -0.3 is 15.3 Å².